The maximum atomic E-state index is 11.3. The van der Waals surface area contributed by atoms with Gasteiger partial charge in [0.05, 0.1) is 13.7 Å². The van der Waals surface area contributed by atoms with Crippen LogP contribution in [0.1, 0.15) is 12.5 Å². The molecule has 0 aromatic heterocycles. The third-order valence-corrected chi connectivity index (χ3v) is 2.24. The Labute approximate surface area is 95.6 Å². The van der Waals surface area contributed by atoms with Crippen LogP contribution in [0.3, 0.4) is 0 Å². The number of para-hydroxylation sites is 1. The van der Waals surface area contributed by atoms with Crippen LogP contribution in [0.5, 0.6) is 0 Å². The zero-order valence-electron chi connectivity index (χ0n) is 9.82. The molecule has 1 aromatic carbocycles. The summed E-state index contributed by atoms with van der Waals surface area (Å²) in [6, 6.07) is 7.33. The lowest BCUT2D eigenvalue weighted by Gasteiger charge is -2.15. The Morgan fingerprint density at radius 2 is 2.06 bits per heavy atom. The molecule has 4 heteroatoms. The van der Waals surface area contributed by atoms with Gasteiger partial charge in [0.15, 0.2) is 0 Å². The van der Waals surface area contributed by atoms with Gasteiger partial charge in [0.25, 0.3) is 0 Å². The SMILES string of the molecule is COCc1ccccc1NC(C)C(=O)OC. The number of rotatable bonds is 5. The van der Waals surface area contributed by atoms with Crippen molar-refractivity contribution in [1.82, 2.24) is 0 Å². The molecule has 0 saturated carbocycles. The van der Waals surface area contributed by atoms with E-state index >= 15 is 0 Å². The maximum Gasteiger partial charge on any atom is 0.327 e. The number of hydrogen-bond acceptors (Lipinski definition) is 4. The van der Waals surface area contributed by atoms with Crippen LogP contribution in [0.15, 0.2) is 24.3 Å². The summed E-state index contributed by atoms with van der Waals surface area (Å²) in [5.41, 5.74) is 1.91. The van der Waals surface area contributed by atoms with Gasteiger partial charge in [-0.05, 0) is 13.0 Å². The molecule has 0 amide bonds. The topological polar surface area (TPSA) is 47.6 Å². The summed E-state index contributed by atoms with van der Waals surface area (Å²) in [7, 11) is 3.02. The van der Waals surface area contributed by atoms with Crippen molar-refractivity contribution in [3.63, 3.8) is 0 Å². The molecule has 0 radical (unpaired) electrons. The van der Waals surface area contributed by atoms with Gasteiger partial charge < -0.3 is 14.8 Å². The fraction of sp³-hybridized carbons (Fsp3) is 0.417. The van der Waals surface area contributed by atoms with E-state index in [0.29, 0.717) is 6.61 Å². The largest absolute Gasteiger partial charge is 0.467 e. The van der Waals surface area contributed by atoms with Crippen LogP contribution in [0.25, 0.3) is 0 Å². The average Bonchev–Trinajstić information content (AvgIpc) is 2.31. The Kier molecular flexibility index (Phi) is 4.79. The summed E-state index contributed by atoms with van der Waals surface area (Å²) in [5.74, 6) is -0.285. The number of hydrogen-bond donors (Lipinski definition) is 1. The van der Waals surface area contributed by atoms with E-state index < -0.39 is 0 Å². The van der Waals surface area contributed by atoms with E-state index in [1.807, 2.05) is 24.3 Å². The first-order valence-corrected chi connectivity index (χ1v) is 5.10. The van der Waals surface area contributed by atoms with Gasteiger partial charge in [-0.1, -0.05) is 18.2 Å². The lowest BCUT2D eigenvalue weighted by molar-refractivity contribution is -0.141. The van der Waals surface area contributed by atoms with Crippen molar-refractivity contribution >= 4 is 11.7 Å². The molecule has 88 valence electrons. The Balaban J connectivity index is 2.75. The molecule has 0 aliphatic heterocycles. The highest BCUT2D eigenvalue weighted by Gasteiger charge is 2.13. The first-order chi connectivity index (χ1) is 7.69. The number of carbonyl (C=O) groups excluding carboxylic acids is 1. The van der Waals surface area contributed by atoms with Crippen LogP contribution in [-0.4, -0.2) is 26.2 Å². The van der Waals surface area contributed by atoms with E-state index in [1.54, 1.807) is 14.0 Å². The Morgan fingerprint density at radius 3 is 2.69 bits per heavy atom. The molecule has 1 aromatic rings. The van der Waals surface area contributed by atoms with E-state index in [4.69, 9.17) is 4.74 Å². The number of benzene rings is 1. The van der Waals surface area contributed by atoms with Gasteiger partial charge in [-0.3, -0.25) is 0 Å². The van der Waals surface area contributed by atoms with Crippen LogP contribution in [0.2, 0.25) is 0 Å². The van der Waals surface area contributed by atoms with Crippen LogP contribution in [0, 0.1) is 0 Å². The van der Waals surface area contributed by atoms with Gasteiger partial charge in [-0.15, -0.1) is 0 Å². The molecule has 1 N–H and O–H groups in total. The first kappa shape index (κ1) is 12.5. The Bertz CT molecular complexity index is 352. The molecule has 1 rings (SSSR count). The van der Waals surface area contributed by atoms with E-state index in [0.717, 1.165) is 11.3 Å². The molecule has 0 aliphatic rings. The zero-order chi connectivity index (χ0) is 12.0. The molecule has 0 aliphatic carbocycles. The molecular weight excluding hydrogens is 206 g/mol. The number of methoxy groups -OCH3 is 2. The molecular formula is C12H17NO3. The van der Waals surface area contributed by atoms with E-state index in [1.165, 1.54) is 7.11 Å². The number of nitrogens with one attached hydrogen (secondary N) is 1. The van der Waals surface area contributed by atoms with E-state index in [-0.39, 0.29) is 12.0 Å². The van der Waals surface area contributed by atoms with Crippen molar-refractivity contribution in [3.05, 3.63) is 29.8 Å². The Hall–Kier alpha value is -1.55. The molecule has 1 unspecified atom stereocenters. The van der Waals surface area contributed by atoms with Crippen LogP contribution < -0.4 is 5.32 Å². The number of ether oxygens (including phenoxy) is 2. The highest BCUT2D eigenvalue weighted by molar-refractivity contribution is 5.79. The van der Waals surface area contributed by atoms with Gasteiger partial charge >= 0.3 is 5.97 Å². The van der Waals surface area contributed by atoms with Gasteiger partial charge in [0.1, 0.15) is 6.04 Å². The summed E-state index contributed by atoms with van der Waals surface area (Å²) < 4.78 is 9.73. The minimum absolute atomic E-state index is 0.285. The van der Waals surface area contributed by atoms with Gasteiger partial charge in [0, 0.05) is 18.4 Å². The molecule has 16 heavy (non-hydrogen) atoms. The van der Waals surface area contributed by atoms with Crippen molar-refractivity contribution in [2.45, 2.75) is 19.6 Å². The van der Waals surface area contributed by atoms with Crippen LogP contribution in [0.4, 0.5) is 5.69 Å². The Morgan fingerprint density at radius 1 is 1.38 bits per heavy atom. The fourth-order valence-electron chi connectivity index (χ4n) is 1.41. The number of esters is 1. The standard InChI is InChI=1S/C12H17NO3/c1-9(12(14)16-3)13-11-7-5-4-6-10(11)8-15-2/h4-7,9,13H,8H2,1-3H3. The lowest BCUT2D eigenvalue weighted by atomic mass is 10.1. The molecule has 0 heterocycles. The van der Waals surface area contributed by atoms with Crippen LogP contribution in [-0.2, 0) is 20.9 Å². The molecule has 4 nitrogen and oxygen atoms in total. The summed E-state index contributed by atoms with van der Waals surface area (Å²) in [5, 5.41) is 3.09. The minimum atomic E-state index is -0.372. The minimum Gasteiger partial charge on any atom is -0.467 e. The van der Waals surface area contributed by atoms with Crippen molar-refractivity contribution in [3.8, 4) is 0 Å². The van der Waals surface area contributed by atoms with Gasteiger partial charge in [-0.25, -0.2) is 4.79 Å². The monoisotopic (exact) mass is 223 g/mol. The predicted octanol–water partition coefficient (Wildman–Crippen LogP) is 1.81. The highest BCUT2D eigenvalue weighted by atomic mass is 16.5. The van der Waals surface area contributed by atoms with Gasteiger partial charge in [-0.2, -0.15) is 0 Å². The zero-order valence-corrected chi connectivity index (χ0v) is 9.82. The lowest BCUT2D eigenvalue weighted by Crippen LogP contribution is -2.27. The molecule has 0 spiro atoms. The second-order valence-electron chi connectivity index (χ2n) is 3.48. The second-order valence-corrected chi connectivity index (χ2v) is 3.48. The number of anilines is 1. The molecule has 0 bridgehead atoms. The molecule has 0 fully saturated rings. The summed E-state index contributed by atoms with van der Waals surface area (Å²) >= 11 is 0. The van der Waals surface area contributed by atoms with Crippen LogP contribution >= 0.6 is 0 Å². The third-order valence-electron chi connectivity index (χ3n) is 2.24. The quantitative estimate of drug-likeness (QED) is 0.773. The molecule has 1 atom stereocenters. The van der Waals surface area contributed by atoms with Gasteiger partial charge in [0.2, 0.25) is 0 Å². The normalized spacial score (nSPS) is 11.9. The van der Waals surface area contributed by atoms with Crippen molar-refractivity contribution in [2.75, 3.05) is 19.5 Å². The van der Waals surface area contributed by atoms with E-state index in [2.05, 4.69) is 10.1 Å². The smallest absolute Gasteiger partial charge is 0.327 e. The van der Waals surface area contributed by atoms with E-state index in [9.17, 15) is 4.79 Å². The third kappa shape index (κ3) is 3.24. The molecule has 0 saturated heterocycles. The van der Waals surface area contributed by atoms with Crippen molar-refractivity contribution < 1.29 is 14.3 Å². The summed E-state index contributed by atoms with van der Waals surface area (Å²) in [4.78, 5) is 11.3. The number of carbonyl (C=O) groups is 1. The second kappa shape index (κ2) is 6.12. The van der Waals surface area contributed by atoms with Crippen molar-refractivity contribution in [1.29, 1.82) is 0 Å². The highest BCUT2D eigenvalue weighted by Crippen LogP contribution is 2.16. The fourth-order valence-corrected chi connectivity index (χ4v) is 1.41. The predicted molar refractivity (Wildman–Crippen MR) is 62.3 cm³/mol. The first-order valence-electron chi connectivity index (χ1n) is 5.10. The average molecular weight is 223 g/mol. The maximum absolute atomic E-state index is 11.3. The summed E-state index contributed by atoms with van der Waals surface area (Å²) in [6.45, 7) is 2.27. The van der Waals surface area contributed by atoms with Crippen molar-refractivity contribution in [2.24, 2.45) is 0 Å². The summed E-state index contributed by atoms with van der Waals surface area (Å²) in [6.07, 6.45) is 0.